The fourth-order valence-corrected chi connectivity index (χ4v) is 4.95. The molecule has 1 saturated heterocycles. The highest BCUT2D eigenvalue weighted by molar-refractivity contribution is 7.92. The Labute approximate surface area is 187 Å². The first-order valence-electron chi connectivity index (χ1n) is 10.4. The second-order valence-electron chi connectivity index (χ2n) is 7.57. The SMILES string of the molecule is CCc1ccc(OC)c(S(=O)(=O)Nc2noc3cc(CO[C@H]4CCNC4)cc(OC)c23)c1. The third-order valence-electron chi connectivity index (χ3n) is 5.48. The van der Waals surface area contributed by atoms with E-state index in [0.29, 0.717) is 29.7 Å². The van der Waals surface area contributed by atoms with Crippen molar-refractivity contribution in [2.24, 2.45) is 0 Å². The fourth-order valence-electron chi connectivity index (χ4n) is 3.72. The van der Waals surface area contributed by atoms with Gasteiger partial charge in [-0.1, -0.05) is 18.1 Å². The van der Waals surface area contributed by atoms with E-state index in [1.807, 2.05) is 13.0 Å². The zero-order valence-corrected chi connectivity index (χ0v) is 19.1. The Morgan fingerprint density at radius 2 is 1.97 bits per heavy atom. The largest absolute Gasteiger partial charge is 0.496 e. The Morgan fingerprint density at radius 3 is 2.66 bits per heavy atom. The van der Waals surface area contributed by atoms with Gasteiger partial charge in [0.1, 0.15) is 21.8 Å². The molecule has 2 heterocycles. The topological polar surface area (TPSA) is 112 Å². The summed E-state index contributed by atoms with van der Waals surface area (Å²) in [7, 11) is -1.05. The molecule has 2 N–H and O–H groups in total. The Bertz CT molecular complexity index is 1200. The molecule has 2 aromatic carbocycles. The summed E-state index contributed by atoms with van der Waals surface area (Å²) in [6.07, 6.45) is 1.83. The van der Waals surface area contributed by atoms with E-state index in [2.05, 4.69) is 15.2 Å². The number of hydrogen-bond donors (Lipinski definition) is 2. The number of rotatable bonds is 9. The summed E-state index contributed by atoms with van der Waals surface area (Å²) in [5.41, 5.74) is 2.12. The summed E-state index contributed by atoms with van der Waals surface area (Å²) in [6, 6.07) is 8.65. The maximum Gasteiger partial charge on any atom is 0.266 e. The molecule has 172 valence electrons. The number of nitrogens with zero attached hydrogens (tertiary/aromatic N) is 1. The first kappa shape index (κ1) is 22.4. The van der Waals surface area contributed by atoms with Crippen LogP contribution in [0.3, 0.4) is 0 Å². The molecule has 1 aromatic heterocycles. The molecule has 1 aliphatic heterocycles. The van der Waals surface area contributed by atoms with Gasteiger partial charge in [-0.05, 0) is 54.8 Å². The average molecular weight is 462 g/mol. The van der Waals surface area contributed by atoms with E-state index in [-0.39, 0.29) is 22.6 Å². The zero-order valence-electron chi connectivity index (χ0n) is 18.3. The van der Waals surface area contributed by atoms with Crippen LogP contribution in [0, 0.1) is 0 Å². The number of aryl methyl sites for hydroxylation is 1. The van der Waals surface area contributed by atoms with Crippen LogP contribution in [0.4, 0.5) is 5.82 Å². The Morgan fingerprint density at radius 1 is 1.16 bits per heavy atom. The van der Waals surface area contributed by atoms with Gasteiger partial charge in [-0.3, -0.25) is 4.72 Å². The Balaban J connectivity index is 1.65. The quantitative estimate of drug-likeness (QED) is 0.500. The lowest BCUT2D eigenvalue weighted by Gasteiger charge is -2.13. The minimum absolute atomic E-state index is 0.0321. The highest BCUT2D eigenvalue weighted by atomic mass is 32.2. The Kier molecular flexibility index (Phi) is 6.54. The van der Waals surface area contributed by atoms with Gasteiger partial charge in [-0.2, -0.15) is 0 Å². The maximum absolute atomic E-state index is 13.2. The van der Waals surface area contributed by atoms with E-state index >= 15 is 0 Å². The monoisotopic (exact) mass is 461 g/mol. The smallest absolute Gasteiger partial charge is 0.266 e. The number of sulfonamides is 1. The number of aromatic nitrogens is 1. The van der Waals surface area contributed by atoms with Crippen molar-refractivity contribution in [1.82, 2.24) is 10.5 Å². The third kappa shape index (κ3) is 4.52. The fraction of sp³-hybridized carbons (Fsp3) is 0.409. The second kappa shape index (κ2) is 9.35. The predicted octanol–water partition coefficient (Wildman–Crippen LogP) is 3.09. The van der Waals surface area contributed by atoms with Crippen molar-refractivity contribution in [3.63, 3.8) is 0 Å². The molecule has 0 spiro atoms. The molecule has 3 aromatic rings. The molecule has 0 aliphatic carbocycles. The van der Waals surface area contributed by atoms with E-state index in [0.717, 1.165) is 30.6 Å². The van der Waals surface area contributed by atoms with E-state index in [9.17, 15) is 8.42 Å². The van der Waals surface area contributed by atoms with Gasteiger partial charge in [-0.15, -0.1) is 0 Å². The molecule has 1 fully saturated rings. The molecular formula is C22H27N3O6S. The molecule has 4 rings (SSSR count). The molecule has 10 heteroatoms. The second-order valence-corrected chi connectivity index (χ2v) is 9.22. The molecule has 32 heavy (non-hydrogen) atoms. The number of hydrogen-bond acceptors (Lipinski definition) is 8. The predicted molar refractivity (Wildman–Crippen MR) is 120 cm³/mol. The van der Waals surface area contributed by atoms with Crippen LogP contribution >= 0.6 is 0 Å². The molecule has 0 amide bonds. The lowest BCUT2D eigenvalue weighted by molar-refractivity contribution is 0.0541. The van der Waals surface area contributed by atoms with Crippen LogP contribution in [0.5, 0.6) is 11.5 Å². The van der Waals surface area contributed by atoms with Crippen molar-refractivity contribution in [3.05, 3.63) is 41.5 Å². The standard InChI is InChI=1S/C22H27N3O6S/c1-4-14-5-6-17(28-2)20(11-14)32(26,27)25-22-21-18(29-3)9-15(10-19(21)31-24-22)13-30-16-7-8-23-12-16/h5-6,9-11,16,23H,4,7-8,12-13H2,1-3H3,(H,24,25)/t16-/m0/s1. The van der Waals surface area contributed by atoms with E-state index in [1.165, 1.54) is 14.2 Å². The lowest BCUT2D eigenvalue weighted by Crippen LogP contribution is -2.16. The Hall–Kier alpha value is -2.82. The molecule has 0 saturated carbocycles. The molecule has 1 aliphatic rings. The van der Waals surface area contributed by atoms with Gasteiger partial charge in [-0.25, -0.2) is 8.42 Å². The third-order valence-corrected chi connectivity index (χ3v) is 6.84. The van der Waals surface area contributed by atoms with Crippen LogP contribution in [-0.4, -0.2) is 47.0 Å². The van der Waals surface area contributed by atoms with Crippen LogP contribution in [0.25, 0.3) is 11.0 Å². The summed E-state index contributed by atoms with van der Waals surface area (Å²) >= 11 is 0. The zero-order chi connectivity index (χ0) is 22.7. The van der Waals surface area contributed by atoms with Crippen molar-refractivity contribution in [2.75, 3.05) is 32.0 Å². The maximum atomic E-state index is 13.2. The molecule has 9 nitrogen and oxygen atoms in total. The van der Waals surface area contributed by atoms with Crippen LogP contribution in [0.1, 0.15) is 24.5 Å². The van der Waals surface area contributed by atoms with Crippen molar-refractivity contribution in [3.8, 4) is 11.5 Å². The number of fused-ring (bicyclic) bond motifs is 1. The van der Waals surface area contributed by atoms with Gasteiger partial charge in [0.2, 0.25) is 0 Å². The number of benzene rings is 2. The van der Waals surface area contributed by atoms with E-state index in [1.54, 1.807) is 24.3 Å². The highest BCUT2D eigenvalue weighted by Gasteiger charge is 2.25. The minimum atomic E-state index is -3.99. The van der Waals surface area contributed by atoms with Gasteiger partial charge in [0.05, 0.1) is 26.9 Å². The van der Waals surface area contributed by atoms with Gasteiger partial charge in [0.15, 0.2) is 11.4 Å². The summed E-state index contributed by atoms with van der Waals surface area (Å²) in [6.45, 7) is 4.12. The highest BCUT2D eigenvalue weighted by Crippen LogP contribution is 2.36. The summed E-state index contributed by atoms with van der Waals surface area (Å²) in [4.78, 5) is 0.0321. The van der Waals surface area contributed by atoms with E-state index in [4.69, 9.17) is 18.7 Å². The number of ether oxygens (including phenoxy) is 3. The molecule has 0 radical (unpaired) electrons. The summed E-state index contributed by atoms with van der Waals surface area (Å²) < 4.78 is 51.0. The first-order chi connectivity index (χ1) is 15.4. The van der Waals surface area contributed by atoms with Crippen LogP contribution < -0.4 is 19.5 Å². The number of anilines is 1. The van der Waals surface area contributed by atoms with Crippen LogP contribution in [0.15, 0.2) is 39.8 Å². The van der Waals surface area contributed by atoms with Gasteiger partial charge < -0.3 is 24.1 Å². The van der Waals surface area contributed by atoms with Gasteiger partial charge in [0.25, 0.3) is 10.0 Å². The van der Waals surface area contributed by atoms with Crippen LogP contribution in [-0.2, 0) is 27.8 Å². The summed E-state index contributed by atoms with van der Waals surface area (Å²) in [5, 5.41) is 7.65. The van der Waals surface area contributed by atoms with Gasteiger partial charge in [0, 0.05) is 6.54 Å². The number of methoxy groups -OCH3 is 2. The van der Waals surface area contributed by atoms with Crippen molar-refractivity contribution in [1.29, 1.82) is 0 Å². The normalized spacial score (nSPS) is 16.4. The average Bonchev–Trinajstić information content (AvgIpc) is 3.46. The van der Waals surface area contributed by atoms with E-state index < -0.39 is 10.0 Å². The molecule has 0 unspecified atom stereocenters. The summed E-state index contributed by atoms with van der Waals surface area (Å²) in [5.74, 6) is 0.738. The van der Waals surface area contributed by atoms with Crippen molar-refractivity contribution < 1.29 is 27.2 Å². The lowest BCUT2D eigenvalue weighted by atomic mass is 10.1. The first-order valence-corrected chi connectivity index (χ1v) is 11.9. The molecule has 0 bridgehead atoms. The van der Waals surface area contributed by atoms with Gasteiger partial charge >= 0.3 is 0 Å². The minimum Gasteiger partial charge on any atom is -0.496 e. The number of nitrogens with one attached hydrogen (secondary N) is 2. The molecular weight excluding hydrogens is 434 g/mol. The van der Waals surface area contributed by atoms with Crippen molar-refractivity contribution >= 4 is 26.8 Å². The van der Waals surface area contributed by atoms with Crippen molar-refractivity contribution in [2.45, 2.75) is 37.4 Å². The molecule has 1 atom stereocenters. The van der Waals surface area contributed by atoms with Crippen LogP contribution in [0.2, 0.25) is 0 Å².